The highest BCUT2D eigenvalue weighted by Crippen LogP contribution is 2.62. The van der Waals surface area contributed by atoms with Crippen molar-refractivity contribution in [3.8, 4) is 5.75 Å². The minimum atomic E-state index is -0.520. The summed E-state index contributed by atoms with van der Waals surface area (Å²) in [5, 5.41) is 3.16. The summed E-state index contributed by atoms with van der Waals surface area (Å²) in [6, 6.07) is 6.42. The summed E-state index contributed by atoms with van der Waals surface area (Å²) >= 11 is 0. The van der Waals surface area contributed by atoms with Crippen LogP contribution in [0.15, 0.2) is 24.3 Å². The van der Waals surface area contributed by atoms with Crippen molar-refractivity contribution in [1.82, 2.24) is 5.32 Å². The lowest BCUT2D eigenvalue weighted by Gasteiger charge is -2.60. The van der Waals surface area contributed by atoms with E-state index in [9.17, 15) is 14.4 Å². The molecule has 6 heteroatoms. The van der Waals surface area contributed by atoms with Crippen LogP contribution in [0.5, 0.6) is 5.75 Å². The SMILES string of the molecule is COC(=O)c1ccc(OC(=O)C23C[C@H]4C[C@@H](CC(NC(C)=O)(C4)C2)C3)cc1. The van der Waals surface area contributed by atoms with Crippen molar-refractivity contribution in [2.75, 3.05) is 7.11 Å². The van der Waals surface area contributed by atoms with Crippen molar-refractivity contribution in [2.45, 2.75) is 51.0 Å². The molecule has 0 aromatic heterocycles. The average molecular weight is 371 g/mol. The van der Waals surface area contributed by atoms with Gasteiger partial charge in [0, 0.05) is 12.5 Å². The van der Waals surface area contributed by atoms with E-state index >= 15 is 0 Å². The van der Waals surface area contributed by atoms with E-state index in [1.165, 1.54) is 7.11 Å². The summed E-state index contributed by atoms with van der Waals surface area (Å²) in [7, 11) is 1.33. The summed E-state index contributed by atoms with van der Waals surface area (Å²) in [4.78, 5) is 36.4. The lowest BCUT2D eigenvalue weighted by atomic mass is 9.47. The van der Waals surface area contributed by atoms with Gasteiger partial charge >= 0.3 is 11.9 Å². The van der Waals surface area contributed by atoms with Crippen LogP contribution in [0, 0.1) is 17.3 Å². The van der Waals surface area contributed by atoms with Crippen LogP contribution in [0.4, 0.5) is 0 Å². The van der Waals surface area contributed by atoms with Gasteiger partial charge in [0.05, 0.1) is 18.1 Å². The highest BCUT2D eigenvalue weighted by Gasteiger charge is 2.61. The molecule has 0 radical (unpaired) electrons. The molecule has 0 unspecified atom stereocenters. The van der Waals surface area contributed by atoms with Crippen molar-refractivity contribution in [2.24, 2.45) is 17.3 Å². The predicted octanol–water partition coefficient (Wildman–Crippen LogP) is 2.85. The molecule has 4 fully saturated rings. The Kier molecular flexibility index (Phi) is 4.24. The Labute approximate surface area is 158 Å². The van der Waals surface area contributed by atoms with Gasteiger partial charge in [-0.2, -0.15) is 0 Å². The molecule has 6 nitrogen and oxygen atoms in total. The molecule has 0 saturated heterocycles. The van der Waals surface area contributed by atoms with Crippen LogP contribution in [-0.4, -0.2) is 30.5 Å². The molecule has 1 aromatic rings. The number of carbonyl (C=O) groups excluding carboxylic acids is 3. The Balaban J connectivity index is 1.53. The maximum absolute atomic E-state index is 13.1. The van der Waals surface area contributed by atoms with E-state index in [1.807, 2.05) is 0 Å². The minimum absolute atomic E-state index is 0.0288. The lowest BCUT2D eigenvalue weighted by Crippen LogP contribution is -2.65. The molecule has 2 atom stereocenters. The van der Waals surface area contributed by atoms with E-state index in [4.69, 9.17) is 4.74 Å². The van der Waals surface area contributed by atoms with Crippen LogP contribution in [0.1, 0.15) is 55.8 Å². The Bertz CT molecular complexity index is 770. The number of methoxy groups -OCH3 is 1. The summed E-state index contributed by atoms with van der Waals surface area (Å²) in [6.07, 6.45) is 5.40. The molecule has 5 rings (SSSR count). The second kappa shape index (κ2) is 6.36. The van der Waals surface area contributed by atoms with E-state index in [0.29, 0.717) is 29.6 Å². The molecule has 1 amide bonds. The maximum atomic E-state index is 13.1. The average Bonchev–Trinajstić information content (AvgIpc) is 2.59. The number of carbonyl (C=O) groups is 3. The number of amides is 1. The van der Waals surface area contributed by atoms with Gasteiger partial charge < -0.3 is 14.8 Å². The van der Waals surface area contributed by atoms with Gasteiger partial charge in [0.25, 0.3) is 0 Å². The van der Waals surface area contributed by atoms with E-state index in [2.05, 4.69) is 10.1 Å². The van der Waals surface area contributed by atoms with Crippen molar-refractivity contribution in [3.63, 3.8) is 0 Å². The van der Waals surface area contributed by atoms with Gasteiger partial charge in [0.1, 0.15) is 5.75 Å². The van der Waals surface area contributed by atoms with Crippen LogP contribution >= 0.6 is 0 Å². The molecular formula is C21H25NO5. The molecular weight excluding hydrogens is 346 g/mol. The normalized spacial score (nSPS) is 33.4. The molecule has 4 aliphatic carbocycles. The first-order valence-electron chi connectivity index (χ1n) is 9.53. The zero-order valence-corrected chi connectivity index (χ0v) is 15.7. The number of hydrogen-bond acceptors (Lipinski definition) is 5. The first-order chi connectivity index (χ1) is 12.8. The molecule has 1 aromatic carbocycles. The fraction of sp³-hybridized carbons (Fsp3) is 0.571. The smallest absolute Gasteiger partial charge is 0.337 e. The molecule has 0 spiro atoms. The predicted molar refractivity (Wildman–Crippen MR) is 97.1 cm³/mol. The molecule has 1 N–H and O–H groups in total. The standard InChI is InChI=1S/C21H25NO5/c1-13(23)22-21-10-14-7-15(11-21)9-20(8-14,12-21)19(25)27-17-5-3-16(4-6-17)18(24)26-2/h3-6,14-15H,7-12H2,1-2H3,(H,22,23)/t14-,15-,20?,21?/m1/s1. The second-order valence-electron chi connectivity index (χ2n) is 8.61. The maximum Gasteiger partial charge on any atom is 0.337 e. The zero-order chi connectivity index (χ0) is 19.2. The van der Waals surface area contributed by atoms with Crippen molar-refractivity contribution < 1.29 is 23.9 Å². The Morgan fingerprint density at radius 2 is 1.67 bits per heavy atom. The molecule has 0 heterocycles. The molecule has 4 bridgehead atoms. The third-order valence-electron chi connectivity index (χ3n) is 6.42. The highest BCUT2D eigenvalue weighted by atomic mass is 16.5. The van der Waals surface area contributed by atoms with Gasteiger partial charge in [0.2, 0.25) is 5.91 Å². The number of esters is 2. The van der Waals surface area contributed by atoms with E-state index in [0.717, 1.165) is 32.1 Å². The van der Waals surface area contributed by atoms with Gasteiger partial charge in [-0.3, -0.25) is 9.59 Å². The topological polar surface area (TPSA) is 81.7 Å². The molecule has 4 aliphatic rings. The zero-order valence-electron chi connectivity index (χ0n) is 15.7. The highest BCUT2D eigenvalue weighted by molar-refractivity contribution is 5.89. The number of nitrogens with one attached hydrogen (secondary N) is 1. The van der Waals surface area contributed by atoms with Crippen molar-refractivity contribution in [1.29, 1.82) is 0 Å². The summed E-state index contributed by atoms with van der Waals surface area (Å²) in [6.45, 7) is 1.55. The first-order valence-corrected chi connectivity index (χ1v) is 9.53. The third kappa shape index (κ3) is 3.22. The van der Waals surface area contributed by atoms with Crippen LogP contribution in [0.2, 0.25) is 0 Å². The van der Waals surface area contributed by atoms with Crippen LogP contribution in [-0.2, 0) is 14.3 Å². The largest absolute Gasteiger partial charge is 0.465 e. The number of ether oxygens (including phenoxy) is 2. The second-order valence-corrected chi connectivity index (χ2v) is 8.61. The first kappa shape index (κ1) is 18.0. The van der Waals surface area contributed by atoms with E-state index < -0.39 is 11.4 Å². The van der Waals surface area contributed by atoms with Crippen molar-refractivity contribution in [3.05, 3.63) is 29.8 Å². The Hall–Kier alpha value is -2.37. The summed E-state index contributed by atoms with van der Waals surface area (Å²) in [5.41, 5.74) is -0.367. The molecule has 27 heavy (non-hydrogen) atoms. The lowest BCUT2D eigenvalue weighted by molar-refractivity contribution is -0.166. The van der Waals surface area contributed by atoms with Crippen molar-refractivity contribution >= 4 is 17.8 Å². The summed E-state index contributed by atoms with van der Waals surface area (Å²) < 4.78 is 10.4. The van der Waals surface area contributed by atoms with Gasteiger partial charge in [-0.05, 0) is 74.6 Å². The molecule has 0 aliphatic heterocycles. The minimum Gasteiger partial charge on any atom is -0.465 e. The van der Waals surface area contributed by atoms with Gasteiger partial charge in [0.15, 0.2) is 0 Å². The van der Waals surface area contributed by atoms with Crippen LogP contribution < -0.4 is 10.1 Å². The van der Waals surface area contributed by atoms with E-state index in [1.54, 1.807) is 31.2 Å². The Morgan fingerprint density at radius 1 is 1.04 bits per heavy atom. The van der Waals surface area contributed by atoms with Crippen LogP contribution in [0.25, 0.3) is 0 Å². The Morgan fingerprint density at radius 3 is 2.22 bits per heavy atom. The fourth-order valence-corrected chi connectivity index (χ4v) is 6.01. The van der Waals surface area contributed by atoms with Crippen LogP contribution in [0.3, 0.4) is 0 Å². The third-order valence-corrected chi connectivity index (χ3v) is 6.42. The van der Waals surface area contributed by atoms with Gasteiger partial charge in [-0.25, -0.2) is 4.79 Å². The van der Waals surface area contributed by atoms with Gasteiger partial charge in [-0.15, -0.1) is 0 Å². The van der Waals surface area contributed by atoms with E-state index in [-0.39, 0.29) is 17.4 Å². The quantitative estimate of drug-likeness (QED) is 0.650. The molecule has 4 saturated carbocycles. The number of rotatable bonds is 4. The monoisotopic (exact) mass is 371 g/mol. The summed E-state index contributed by atoms with van der Waals surface area (Å²) in [5.74, 6) is 0.693. The van der Waals surface area contributed by atoms with Gasteiger partial charge in [-0.1, -0.05) is 0 Å². The number of benzene rings is 1. The number of hydrogen-bond donors (Lipinski definition) is 1. The molecule has 144 valence electrons. The fourth-order valence-electron chi connectivity index (χ4n) is 6.01.